The summed E-state index contributed by atoms with van der Waals surface area (Å²) in [5.41, 5.74) is 0.220. The van der Waals surface area contributed by atoms with Crippen LogP contribution in [0.2, 0.25) is 0 Å². The van der Waals surface area contributed by atoms with Crippen molar-refractivity contribution in [1.82, 2.24) is 9.62 Å². The van der Waals surface area contributed by atoms with Crippen molar-refractivity contribution in [3.8, 4) is 0 Å². The number of rotatable bonds is 7. The lowest BCUT2D eigenvalue weighted by Gasteiger charge is -2.47. The number of nitrogens with zero attached hydrogens (tertiary/aromatic N) is 2. The molecule has 1 atom stereocenters. The molecule has 0 radical (unpaired) electrons. The highest BCUT2D eigenvalue weighted by Gasteiger charge is 2.51. The average molecular weight is 490 g/mol. The molecule has 1 N–H and O–H groups in total. The number of hydrogen-bond acceptors (Lipinski definition) is 4. The highest BCUT2D eigenvalue weighted by atomic mass is 32.2. The Bertz CT molecular complexity index is 1180. The molecule has 2 aromatic carbocycles. The Morgan fingerprint density at radius 3 is 2.38 bits per heavy atom. The van der Waals surface area contributed by atoms with E-state index >= 15 is 0 Å². The predicted octanol–water partition coefficient (Wildman–Crippen LogP) is 3.40. The van der Waals surface area contributed by atoms with Gasteiger partial charge in [0.05, 0.1) is 11.4 Å². The molecule has 0 aliphatic carbocycles. The van der Waals surface area contributed by atoms with Crippen LogP contribution in [0.15, 0.2) is 47.4 Å². The number of piperazine rings is 1. The van der Waals surface area contributed by atoms with Gasteiger partial charge in [0.25, 0.3) is 0 Å². The van der Waals surface area contributed by atoms with Crippen LogP contribution in [-0.4, -0.2) is 49.7 Å². The Morgan fingerprint density at radius 2 is 1.79 bits per heavy atom. The molecule has 0 spiro atoms. The number of benzene rings is 2. The third-order valence-corrected chi connectivity index (χ3v) is 7.90. The first-order valence-corrected chi connectivity index (χ1v) is 12.7. The number of hydrogen-bond donors (Lipinski definition) is 1. The Kier molecular flexibility index (Phi) is 7.47. The van der Waals surface area contributed by atoms with E-state index in [9.17, 15) is 22.4 Å². The topological polar surface area (TPSA) is 86.8 Å². The van der Waals surface area contributed by atoms with Gasteiger partial charge in [0, 0.05) is 18.8 Å². The first-order chi connectivity index (χ1) is 15.9. The van der Waals surface area contributed by atoms with Crippen molar-refractivity contribution in [2.45, 2.75) is 51.5 Å². The lowest BCUT2D eigenvalue weighted by Crippen LogP contribution is -2.70. The van der Waals surface area contributed by atoms with Crippen molar-refractivity contribution < 1.29 is 22.4 Å². The smallest absolute Gasteiger partial charge is 0.247 e. The van der Waals surface area contributed by atoms with Crippen molar-refractivity contribution in [1.29, 1.82) is 0 Å². The predicted molar refractivity (Wildman–Crippen MR) is 129 cm³/mol. The summed E-state index contributed by atoms with van der Waals surface area (Å²) in [6, 6.07) is 10.3. The maximum atomic E-state index is 13.8. The molecule has 1 fully saturated rings. The minimum atomic E-state index is -4.03. The number of amides is 2. The third-order valence-electron chi connectivity index (χ3n) is 6.09. The summed E-state index contributed by atoms with van der Waals surface area (Å²) in [6.07, 6.45) is 0.733. The Balaban J connectivity index is 2.04. The number of carbonyl (C=O) groups excluding carboxylic acids is 2. The number of carbonyl (C=O) groups is 2. The lowest BCUT2D eigenvalue weighted by molar-refractivity contribution is -0.132. The summed E-state index contributed by atoms with van der Waals surface area (Å²) in [5, 5.41) is 2.87. The summed E-state index contributed by atoms with van der Waals surface area (Å²) in [7, 11) is -4.03. The molecular weight excluding hydrogens is 457 g/mol. The van der Waals surface area contributed by atoms with Crippen molar-refractivity contribution in [3.05, 3.63) is 59.4 Å². The second-order valence-corrected chi connectivity index (χ2v) is 11.4. The van der Waals surface area contributed by atoms with Gasteiger partial charge in [0.15, 0.2) is 0 Å². The summed E-state index contributed by atoms with van der Waals surface area (Å²) in [6.45, 7) is 8.84. The van der Waals surface area contributed by atoms with Crippen LogP contribution >= 0.6 is 0 Å². The van der Waals surface area contributed by atoms with Gasteiger partial charge in [-0.1, -0.05) is 31.5 Å². The van der Waals surface area contributed by atoms with Gasteiger partial charge in [-0.2, -0.15) is 4.31 Å². The normalized spacial score (nSPS) is 19.5. The number of sulfonamides is 1. The molecule has 3 rings (SSSR count). The Labute approximate surface area is 201 Å². The maximum Gasteiger partial charge on any atom is 0.247 e. The largest absolute Gasteiger partial charge is 0.354 e. The summed E-state index contributed by atoms with van der Waals surface area (Å²) >= 11 is 0. The maximum absolute atomic E-state index is 13.8. The molecule has 1 aliphatic rings. The van der Waals surface area contributed by atoms with Gasteiger partial charge in [0.2, 0.25) is 21.8 Å². The van der Waals surface area contributed by atoms with E-state index in [1.807, 2.05) is 20.8 Å². The van der Waals surface area contributed by atoms with E-state index < -0.39 is 39.7 Å². The van der Waals surface area contributed by atoms with Crippen LogP contribution in [0.4, 0.5) is 10.1 Å². The van der Waals surface area contributed by atoms with E-state index in [2.05, 4.69) is 5.32 Å². The fraction of sp³-hybridized carbons (Fsp3) is 0.440. The molecule has 1 heterocycles. The molecule has 1 aliphatic heterocycles. The van der Waals surface area contributed by atoms with Crippen LogP contribution in [0, 0.1) is 25.6 Å². The molecule has 0 bridgehead atoms. The molecule has 7 nitrogen and oxygen atoms in total. The zero-order valence-electron chi connectivity index (χ0n) is 20.3. The molecule has 2 aromatic rings. The van der Waals surface area contributed by atoms with Crippen LogP contribution in [0.1, 0.15) is 38.3 Å². The SMILES string of the molecule is Cc1ccc(S(=O)(=O)N2CC(=O)N(c3ccc(F)cc3C)[C@](C)(C(=O)NCCC(C)C)C2)cc1. The lowest BCUT2D eigenvalue weighted by atomic mass is 9.93. The van der Waals surface area contributed by atoms with Gasteiger partial charge < -0.3 is 5.32 Å². The quantitative estimate of drug-likeness (QED) is 0.646. The van der Waals surface area contributed by atoms with E-state index in [0.29, 0.717) is 23.7 Å². The molecule has 0 unspecified atom stereocenters. The minimum Gasteiger partial charge on any atom is -0.354 e. The van der Waals surface area contributed by atoms with Crippen molar-refractivity contribution in [2.75, 3.05) is 24.5 Å². The van der Waals surface area contributed by atoms with Crippen LogP contribution in [0.5, 0.6) is 0 Å². The van der Waals surface area contributed by atoms with E-state index in [4.69, 9.17) is 0 Å². The van der Waals surface area contributed by atoms with Crippen molar-refractivity contribution >= 4 is 27.5 Å². The summed E-state index contributed by atoms with van der Waals surface area (Å²) < 4.78 is 41.6. The van der Waals surface area contributed by atoms with Crippen LogP contribution in [0.3, 0.4) is 0 Å². The standard InChI is InChI=1S/C25H32FN3O4S/c1-17(2)12-13-27-24(31)25(5)16-28(34(32,33)21-9-6-18(3)7-10-21)15-23(30)29(25)22-11-8-20(26)14-19(22)4/h6-11,14,17H,12-13,15-16H2,1-5H3,(H,27,31)/t25-/m0/s1. The first-order valence-electron chi connectivity index (χ1n) is 11.3. The first kappa shape index (κ1) is 25.8. The molecule has 184 valence electrons. The van der Waals surface area contributed by atoms with E-state index in [1.165, 1.54) is 35.2 Å². The van der Waals surface area contributed by atoms with Crippen LogP contribution < -0.4 is 10.2 Å². The van der Waals surface area contributed by atoms with Gasteiger partial charge in [-0.3, -0.25) is 14.5 Å². The summed E-state index contributed by atoms with van der Waals surface area (Å²) in [5.74, 6) is -1.13. The second-order valence-electron chi connectivity index (χ2n) is 9.46. The van der Waals surface area contributed by atoms with Gasteiger partial charge in [-0.25, -0.2) is 12.8 Å². The number of aryl methyl sites for hydroxylation is 2. The van der Waals surface area contributed by atoms with Crippen molar-refractivity contribution in [3.63, 3.8) is 0 Å². The fourth-order valence-electron chi connectivity index (χ4n) is 4.10. The van der Waals surface area contributed by atoms with Gasteiger partial charge in [0.1, 0.15) is 11.4 Å². The molecule has 0 saturated carbocycles. The number of anilines is 1. The van der Waals surface area contributed by atoms with Gasteiger partial charge in [-0.15, -0.1) is 0 Å². The molecule has 1 saturated heterocycles. The van der Waals surface area contributed by atoms with E-state index in [0.717, 1.165) is 16.3 Å². The molecule has 34 heavy (non-hydrogen) atoms. The molecule has 9 heteroatoms. The molecule has 0 aromatic heterocycles. The summed E-state index contributed by atoms with van der Waals surface area (Å²) in [4.78, 5) is 28.3. The van der Waals surface area contributed by atoms with Crippen molar-refractivity contribution in [2.24, 2.45) is 5.92 Å². The number of halogens is 1. The van der Waals surface area contributed by atoms with Crippen LogP contribution in [-0.2, 0) is 19.6 Å². The van der Waals surface area contributed by atoms with Gasteiger partial charge >= 0.3 is 0 Å². The van der Waals surface area contributed by atoms with Gasteiger partial charge in [-0.05, 0) is 69.0 Å². The average Bonchev–Trinajstić information content (AvgIpc) is 2.74. The monoisotopic (exact) mass is 489 g/mol. The zero-order valence-corrected chi connectivity index (χ0v) is 21.1. The highest BCUT2D eigenvalue weighted by Crippen LogP contribution is 2.34. The molecule has 2 amide bonds. The highest BCUT2D eigenvalue weighted by molar-refractivity contribution is 7.89. The second kappa shape index (κ2) is 9.84. The Morgan fingerprint density at radius 1 is 1.15 bits per heavy atom. The van der Waals surface area contributed by atoms with Crippen LogP contribution in [0.25, 0.3) is 0 Å². The third kappa shape index (κ3) is 5.15. The molecular formula is C25H32FN3O4S. The van der Waals surface area contributed by atoms with E-state index in [-0.39, 0.29) is 11.4 Å². The Hall–Kier alpha value is -2.78. The van der Waals surface area contributed by atoms with E-state index in [1.54, 1.807) is 26.0 Å². The fourth-order valence-corrected chi connectivity index (χ4v) is 5.58. The zero-order chi connectivity index (χ0) is 25.3. The minimum absolute atomic E-state index is 0.0554. The number of nitrogens with one attached hydrogen (secondary N) is 1.